The third kappa shape index (κ3) is 11.1. The number of hydrogen-bond acceptors (Lipinski definition) is 3. The van der Waals surface area contributed by atoms with Gasteiger partial charge in [-0.05, 0) is 12.8 Å². The molecule has 0 aromatic carbocycles. The molecule has 0 bridgehead atoms. The molecule has 0 unspecified atom stereocenters. The van der Waals surface area contributed by atoms with Gasteiger partial charge >= 0.3 is 0 Å². The van der Waals surface area contributed by atoms with Crippen molar-refractivity contribution in [2.45, 2.75) is 39.5 Å². The number of unbranched alkanes of at least 4 members (excludes halogenated alkanes) is 2. The molecule has 1 nitrogen and oxygen atoms in total. The molecule has 0 atom stereocenters. The van der Waals surface area contributed by atoms with Crippen molar-refractivity contribution in [2.75, 3.05) is 18.1 Å². The number of hydrogen-bond donors (Lipinski definition) is 0. The fourth-order valence-electron chi connectivity index (χ4n) is 0.792. The summed E-state index contributed by atoms with van der Waals surface area (Å²) in [5.41, 5.74) is 0. The van der Waals surface area contributed by atoms with Crippen molar-refractivity contribution < 1.29 is 4.52 Å². The first-order valence-electron chi connectivity index (χ1n) is 5.64. The zero-order valence-electron chi connectivity index (χ0n) is 9.91. The van der Waals surface area contributed by atoms with Crippen LogP contribution in [0.2, 0.25) is 0 Å². The predicted octanol–water partition coefficient (Wildman–Crippen LogP) is 5.48. The molecule has 0 amide bonds. The van der Waals surface area contributed by atoms with Gasteiger partial charge in [0.1, 0.15) is 0 Å². The molecule has 0 N–H and O–H groups in total. The van der Waals surface area contributed by atoms with Crippen LogP contribution in [0.3, 0.4) is 0 Å². The molecule has 0 aromatic heterocycles. The van der Waals surface area contributed by atoms with Gasteiger partial charge in [0.05, 0.1) is 6.61 Å². The zero-order chi connectivity index (χ0) is 11.4. The minimum absolute atomic E-state index is 0.328. The zero-order valence-corrected chi connectivity index (χ0v) is 12.4. The molecular formula is C11H23OPS2. The van der Waals surface area contributed by atoms with Gasteiger partial charge in [0.15, 0.2) is 6.55 Å². The van der Waals surface area contributed by atoms with E-state index < -0.39 is 0 Å². The number of rotatable bonds is 11. The van der Waals surface area contributed by atoms with E-state index in [2.05, 4.69) is 20.4 Å². The largest absolute Gasteiger partial charge is 0.335 e. The van der Waals surface area contributed by atoms with Crippen molar-refractivity contribution in [2.24, 2.45) is 0 Å². The van der Waals surface area contributed by atoms with E-state index in [9.17, 15) is 0 Å². The van der Waals surface area contributed by atoms with Gasteiger partial charge in [-0.25, -0.2) is 0 Å². The highest BCUT2D eigenvalue weighted by atomic mass is 33.1. The Kier molecular flexibility index (Phi) is 13.6. The van der Waals surface area contributed by atoms with Crippen LogP contribution in [0.15, 0.2) is 12.7 Å². The maximum Gasteiger partial charge on any atom is 0.152 e. The van der Waals surface area contributed by atoms with Crippen molar-refractivity contribution in [3.8, 4) is 0 Å². The van der Waals surface area contributed by atoms with Crippen molar-refractivity contribution in [1.29, 1.82) is 0 Å². The lowest BCUT2D eigenvalue weighted by atomic mass is 10.4. The van der Waals surface area contributed by atoms with E-state index in [4.69, 9.17) is 4.52 Å². The van der Waals surface area contributed by atoms with Crippen molar-refractivity contribution in [1.82, 2.24) is 0 Å². The van der Waals surface area contributed by atoms with Crippen LogP contribution in [0, 0.1) is 0 Å². The third-order valence-electron chi connectivity index (χ3n) is 1.69. The average molecular weight is 266 g/mol. The van der Waals surface area contributed by atoms with Crippen LogP contribution < -0.4 is 0 Å². The first-order valence-corrected chi connectivity index (χ1v) is 10.1. The molecule has 0 aliphatic carbocycles. The van der Waals surface area contributed by atoms with Gasteiger partial charge in [-0.3, -0.25) is 0 Å². The lowest BCUT2D eigenvalue weighted by Crippen LogP contribution is -1.84. The van der Waals surface area contributed by atoms with Gasteiger partial charge in [-0.15, -0.1) is 6.58 Å². The first kappa shape index (κ1) is 15.8. The molecule has 0 aliphatic heterocycles. The maximum absolute atomic E-state index is 5.76. The summed E-state index contributed by atoms with van der Waals surface area (Å²) in [6, 6.07) is 0. The molecule has 0 radical (unpaired) electrons. The standard InChI is InChI=1S/C11H23OPS2/c1-4-7-10-14-13(12-9-6-3)15-11-8-5-2/h6H,3-5,7-11H2,1-2H3. The quantitative estimate of drug-likeness (QED) is 0.278. The van der Waals surface area contributed by atoms with Gasteiger partial charge in [-0.1, -0.05) is 55.5 Å². The highest BCUT2D eigenvalue weighted by molar-refractivity contribution is 8.86. The van der Waals surface area contributed by atoms with Crippen LogP contribution in [0.4, 0.5) is 0 Å². The molecule has 15 heavy (non-hydrogen) atoms. The van der Waals surface area contributed by atoms with Gasteiger partial charge in [0.2, 0.25) is 0 Å². The van der Waals surface area contributed by atoms with E-state index in [1.54, 1.807) is 0 Å². The second-order valence-electron chi connectivity index (χ2n) is 3.18. The van der Waals surface area contributed by atoms with Crippen LogP contribution >= 0.6 is 29.3 Å². The SMILES string of the molecule is C=CCOP(SCCCC)SCCCC. The van der Waals surface area contributed by atoms with Crippen LogP contribution in [-0.4, -0.2) is 18.1 Å². The van der Waals surface area contributed by atoms with Crippen LogP contribution in [0.25, 0.3) is 0 Å². The smallest absolute Gasteiger partial charge is 0.152 e. The normalized spacial score (nSPS) is 10.9. The fourth-order valence-corrected chi connectivity index (χ4v) is 7.09. The Balaban J connectivity index is 3.57. The summed E-state index contributed by atoms with van der Waals surface area (Å²) in [5, 5.41) is 0. The summed E-state index contributed by atoms with van der Waals surface area (Å²) < 4.78 is 5.76. The van der Waals surface area contributed by atoms with Crippen LogP contribution in [0.1, 0.15) is 39.5 Å². The second-order valence-corrected chi connectivity index (χ2v) is 9.45. The van der Waals surface area contributed by atoms with Crippen molar-refractivity contribution >= 4 is 29.3 Å². The van der Waals surface area contributed by atoms with Gasteiger partial charge in [0.25, 0.3) is 0 Å². The molecule has 0 rings (SSSR count). The van der Waals surface area contributed by atoms with E-state index in [1.807, 2.05) is 28.8 Å². The van der Waals surface area contributed by atoms with Crippen molar-refractivity contribution in [3.05, 3.63) is 12.7 Å². The van der Waals surface area contributed by atoms with E-state index in [0.29, 0.717) is 6.61 Å². The Morgan fingerprint density at radius 2 is 1.67 bits per heavy atom. The van der Waals surface area contributed by atoms with Crippen LogP contribution in [0.5, 0.6) is 0 Å². The molecule has 0 saturated heterocycles. The van der Waals surface area contributed by atoms with E-state index in [1.165, 1.54) is 37.2 Å². The molecule has 90 valence electrons. The average Bonchev–Trinajstić information content (AvgIpc) is 2.25. The molecule has 0 fully saturated rings. The first-order chi connectivity index (χ1) is 7.35. The summed E-state index contributed by atoms with van der Waals surface area (Å²) in [6.07, 6.45) is 7.00. The second kappa shape index (κ2) is 12.9. The molecule has 0 spiro atoms. The van der Waals surface area contributed by atoms with E-state index in [-0.39, 0.29) is 6.55 Å². The van der Waals surface area contributed by atoms with Gasteiger partial charge in [-0.2, -0.15) is 0 Å². The predicted molar refractivity (Wildman–Crippen MR) is 77.8 cm³/mol. The van der Waals surface area contributed by atoms with E-state index in [0.717, 1.165) is 0 Å². The Morgan fingerprint density at radius 1 is 1.13 bits per heavy atom. The summed E-state index contributed by atoms with van der Waals surface area (Å²) in [7, 11) is 0. The Bertz CT molecular complexity index is 135. The lowest BCUT2D eigenvalue weighted by molar-refractivity contribution is 0.422. The van der Waals surface area contributed by atoms with Crippen molar-refractivity contribution in [3.63, 3.8) is 0 Å². The van der Waals surface area contributed by atoms with Gasteiger partial charge in [0, 0.05) is 11.5 Å². The highest BCUT2D eigenvalue weighted by Gasteiger charge is 2.09. The lowest BCUT2D eigenvalue weighted by Gasteiger charge is -2.14. The highest BCUT2D eigenvalue weighted by Crippen LogP contribution is 2.62. The molecule has 0 heterocycles. The third-order valence-corrected chi connectivity index (χ3v) is 8.30. The summed E-state index contributed by atoms with van der Waals surface area (Å²) in [4.78, 5) is 0. The summed E-state index contributed by atoms with van der Waals surface area (Å²) in [6.45, 7) is 8.53. The fraction of sp³-hybridized carbons (Fsp3) is 0.818. The van der Waals surface area contributed by atoms with E-state index >= 15 is 0 Å². The minimum atomic E-state index is -0.328. The molecule has 0 aliphatic rings. The topological polar surface area (TPSA) is 9.23 Å². The Labute approximate surface area is 104 Å². The Morgan fingerprint density at radius 3 is 2.07 bits per heavy atom. The minimum Gasteiger partial charge on any atom is -0.335 e. The summed E-state index contributed by atoms with van der Waals surface area (Å²) >= 11 is 3.99. The van der Waals surface area contributed by atoms with Crippen LogP contribution in [-0.2, 0) is 4.52 Å². The van der Waals surface area contributed by atoms with Gasteiger partial charge < -0.3 is 4.52 Å². The monoisotopic (exact) mass is 266 g/mol. The molecule has 4 heteroatoms. The molecular weight excluding hydrogens is 243 g/mol. The Hall–Kier alpha value is 0.830. The molecule has 0 saturated carbocycles. The maximum atomic E-state index is 5.76. The summed E-state index contributed by atoms with van der Waals surface area (Å²) in [5.74, 6) is 2.47. The molecule has 0 aromatic rings.